The predicted molar refractivity (Wildman–Crippen MR) is 239 cm³/mol. The van der Waals surface area contributed by atoms with Gasteiger partial charge in [-0.2, -0.15) is 0 Å². The molecule has 272 valence electrons. The molecule has 0 amide bonds. The topological polar surface area (TPSA) is 16.4 Å². The highest BCUT2D eigenvalue weighted by molar-refractivity contribution is 5.98. The van der Waals surface area contributed by atoms with E-state index in [1.54, 1.807) is 0 Å². The van der Waals surface area contributed by atoms with Crippen LogP contribution in [0, 0.1) is 0 Å². The van der Waals surface area contributed by atoms with Crippen LogP contribution in [0.15, 0.2) is 186 Å². The largest absolute Gasteiger partial charge is 0.460 e. The zero-order chi connectivity index (χ0) is 38.1. The molecule has 1 aromatic heterocycles. The van der Waals surface area contributed by atoms with Gasteiger partial charge in [-0.1, -0.05) is 147 Å². The quantitative estimate of drug-likeness (QED) is 0.169. The van der Waals surface area contributed by atoms with E-state index < -0.39 is 0 Å². The zero-order valence-electron chi connectivity index (χ0n) is 32.2. The molecule has 11 rings (SSSR count). The summed E-state index contributed by atoms with van der Waals surface area (Å²) >= 11 is 0. The third-order valence-electron chi connectivity index (χ3n) is 12.4. The Balaban J connectivity index is 0.980. The summed E-state index contributed by atoms with van der Waals surface area (Å²) in [7, 11) is 0. The van der Waals surface area contributed by atoms with E-state index in [9.17, 15) is 0 Å². The van der Waals surface area contributed by atoms with Crippen LogP contribution in [-0.2, 0) is 11.8 Å². The molecule has 0 fully saturated rings. The van der Waals surface area contributed by atoms with Gasteiger partial charge in [0.05, 0.1) is 0 Å². The van der Waals surface area contributed by atoms with Crippen molar-refractivity contribution in [2.24, 2.45) is 0 Å². The molecule has 0 unspecified atom stereocenters. The Morgan fingerprint density at radius 1 is 0.456 bits per heavy atom. The second kappa shape index (κ2) is 13.1. The minimum absolute atomic E-state index is 0.0972. The Kier molecular flexibility index (Phi) is 7.69. The molecule has 2 aliphatic carbocycles. The van der Waals surface area contributed by atoms with E-state index in [-0.39, 0.29) is 5.41 Å². The third kappa shape index (κ3) is 5.55. The lowest BCUT2D eigenvalue weighted by molar-refractivity contribution is 0.548. The van der Waals surface area contributed by atoms with Crippen molar-refractivity contribution in [3.63, 3.8) is 0 Å². The van der Waals surface area contributed by atoms with E-state index in [1.165, 1.54) is 77.4 Å². The smallest absolute Gasteiger partial charge is 0.134 e. The summed E-state index contributed by atoms with van der Waals surface area (Å²) in [6.45, 7) is 4.71. The summed E-state index contributed by atoms with van der Waals surface area (Å²) in [5, 5.41) is 3.72. The highest BCUT2D eigenvalue weighted by Crippen LogP contribution is 2.51. The molecule has 1 heterocycles. The van der Waals surface area contributed by atoms with Gasteiger partial charge in [-0.05, 0) is 127 Å². The van der Waals surface area contributed by atoms with Crippen LogP contribution in [0.4, 0.5) is 17.1 Å². The number of rotatable bonds is 6. The second-order valence-electron chi connectivity index (χ2n) is 16.0. The number of aryl methyl sites for hydroxylation is 1. The van der Waals surface area contributed by atoms with E-state index in [2.05, 4.69) is 201 Å². The first-order valence-electron chi connectivity index (χ1n) is 20.0. The molecule has 2 nitrogen and oxygen atoms in total. The van der Waals surface area contributed by atoms with Crippen molar-refractivity contribution in [2.75, 3.05) is 4.90 Å². The van der Waals surface area contributed by atoms with Gasteiger partial charge in [0.2, 0.25) is 0 Å². The van der Waals surface area contributed by atoms with Crippen molar-refractivity contribution in [1.82, 2.24) is 0 Å². The molecule has 0 saturated carbocycles. The fourth-order valence-corrected chi connectivity index (χ4v) is 9.43. The van der Waals surface area contributed by atoms with Crippen molar-refractivity contribution < 1.29 is 4.42 Å². The highest BCUT2D eigenvalue weighted by atomic mass is 16.3. The summed E-state index contributed by atoms with van der Waals surface area (Å²) in [5.41, 5.74) is 18.4. The molecule has 2 aliphatic rings. The van der Waals surface area contributed by atoms with Crippen LogP contribution in [0.2, 0.25) is 0 Å². The average Bonchev–Trinajstić information content (AvgIpc) is 3.75. The van der Waals surface area contributed by atoms with Crippen LogP contribution in [0.1, 0.15) is 48.3 Å². The SMILES string of the molecule is CC1(C)c2ccccc2-c2ccc(N(c3ccc(C4=Cc5c(oc6ccccc56)CC4)cc3)c3ccc(-c4cccc(-c5cccc6ccccc56)c4)cc3)cc21. The van der Waals surface area contributed by atoms with E-state index in [0.29, 0.717) is 0 Å². The maximum atomic E-state index is 6.22. The van der Waals surface area contributed by atoms with Gasteiger partial charge < -0.3 is 9.32 Å². The molecule has 57 heavy (non-hydrogen) atoms. The van der Waals surface area contributed by atoms with Crippen molar-refractivity contribution >= 4 is 50.5 Å². The van der Waals surface area contributed by atoms with E-state index in [1.807, 2.05) is 6.07 Å². The van der Waals surface area contributed by atoms with Crippen molar-refractivity contribution in [3.05, 3.63) is 210 Å². The molecule has 2 heteroatoms. The minimum Gasteiger partial charge on any atom is -0.460 e. The lowest BCUT2D eigenvalue weighted by atomic mass is 9.82. The Morgan fingerprint density at radius 3 is 1.93 bits per heavy atom. The lowest BCUT2D eigenvalue weighted by Crippen LogP contribution is -2.16. The minimum atomic E-state index is -0.0972. The number of furan rings is 1. The Bertz CT molecular complexity index is 3030. The van der Waals surface area contributed by atoms with Gasteiger partial charge in [-0.25, -0.2) is 0 Å². The molecule has 8 aromatic carbocycles. The summed E-state index contributed by atoms with van der Waals surface area (Å²) in [4.78, 5) is 2.41. The number of allylic oxidation sites excluding steroid dienone is 1. The predicted octanol–water partition coefficient (Wildman–Crippen LogP) is 15.2. The van der Waals surface area contributed by atoms with Crippen LogP contribution in [0.25, 0.3) is 66.8 Å². The normalized spacial score (nSPS) is 13.9. The van der Waals surface area contributed by atoms with Gasteiger partial charge in [0, 0.05) is 39.8 Å². The number of anilines is 3. The van der Waals surface area contributed by atoms with Crippen molar-refractivity contribution in [2.45, 2.75) is 32.1 Å². The van der Waals surface area contributed by atoms with Crippen LogP contribution in [-0.4, -0.2) is 0 Å². The van der Waals surface area contributed by atoms with E-state index in [4.69, 9.17) is 4.42 Å². The monoisotopic (exact) mass is 731 g/mol. The molecule has 0 bridgehead atoms. The standard InChI is InChI=1S/C55H41NO/c1-55(2)51-19-7-5-16-47(51)48-31-30-44(35-52(48)55)56(43-28-23-37(24-29-43)40-25-32-54-50(34-40)49-17-6-8-20-53(49)57-54)42-26-21-36(22-27-42)39-13-9-14-41(33-39)46-18-10-12-38-11-3-4-15-45(38)46/h3-24,26-31,33-35H,25,32H2,1-2H3. The first kappa shape index (κ1) is 33.4. The fraction of sp³-hybridized carbons (Fsp3) is 0.0909. The van der Waals surface area contributed by atoms with Crippen LogP contribution < -0.4 is 4.90 Å². The number of benzene rings is 8. The molecule has 9 aromatic rings. The number of fused-ring (bicyclic) bond motifs is 7. The van der Waals surface area contributed by atoms with Gasteiger partial charge in [-0.15, -0.1) is 0 Å². The number of hydrogen-bond acceptors (Lipinski definition) is 2. The highest BCUT2D eigenvalue weighted by Gasteiger charge is 2.35. The molecular formula is C55H41NO. The molecule has 0 saturated heterocycles. The lowest BCUT2D eigenvalue weighted by Gasteiger charge is -2.28. The molecule has 0 spiro atoms. The maximum absolute atomic E-state index is 6.22. The van der Waals surface area contributed by atoms with Gasteiger partial charge in [-0.3, -0.25) is 0 Å². The van der Waals surface area contributed by atoms with Gasteiger partial charge >= 0.3 is 0 Å². The molecular weight excluding hydrogens is 691 g/mol. The number of para-hydroxylation sites is 1. The molecule has 0 aliphatic heterocycles. The fourth-order valence-electron chi connectivity index (χ4n) is 9.43. The Hall–Kier alpha value is -6.90. The summed E-state index contributed by atoms with van der Waals surface area (Å²) in [5.74, 6) is 1.09. The van der Waals surface area contributed by atoms with Gasteiger partial charge in [0.1, 0.15) is 11.3 Å². The second-order valence-corrected chi connectivity index (χ2v) is 16.0. The summed E-state index contributed by atoms with van der Waals surface area (Å²) in [6, 6.07) is 66.7. The Morgan fingerprint density at radius 2 is 1.09 bits per heavy atom. The average molecular weight is 732 g/mol. The number of nitrogens with zero attached hydrogens (tertiary/aromatic N) is 1. The van der Waals surface area contributed by atoms with Gasteiger partial charge in [0.25, 0.3) is 0 Å². The van der Waals surface area contributed by atoms with Crippen LogP contribution in [0.5, 0.6) is 0 Å². The molecule has 0 N–H and O–H groups in total. The molecule has 0 atom stereocenters. The van der Waals surface area contributed by atoms with Gasteiger partial charge in [0.15, 0.2) is 0 Å². The Labute approximate surface area is 334 Å². The summed E-state index contributed by atoms with van der Waals surface area (Å²) < 4.78 is 6.22. The summed E-state index contributed by atoms with van der Waals surface area (Å²) in [6.07, 6.45) is 4.21. The first-order chi connectivity index (χ1) is 28.0. The van der Waals surface area contributed by atoms with Crippen molar-refractivity contribution in [1.29, 1.82) is 0 Å². The first-order valence-corrected chi connectivity index (χ1v) is 20.0. The van der Waals surface area contributed by atoms with Crippen LogP contribution in [0.3, 0.4) is 0 Å². The number of hydrogen-bond donors (Lipinski definition) is 0. The van der Waals surface area contributed by atoms with E-state index in [0.717, 1.165) is 41.2 Å². The zero-order valence-corrected chi connectivity index (χ0v) is 32.2. The van der Waals surface area contributed by atoms with E-state index >= 15 is 0 Å². The maximum Gasteiger partial charge on any atom is 0.134 e. The molecule has 0 radical (unpaired) electrons. The van der Waals surface area contributed by atoms with Crippen molar-refractivity contribution in [3.8, 4) is 33.4 Å². The van der Waals surface area contributed by atoms with Crippen LogP contribution >= 0.6 is 0 Å². The third-order valence-corrected chi connectivity index (χ3v) is 12.4.